The van der Waals surface area contributed by atoms with Gasteiger partial charge in [-0.05, 0) is 44.6 Å². The average molecular weight is 243 g/mol. The second kappa shape index (κ2) is 4.73. The summed E-state index contributed by atoms with van der Waals surface area (Å²) in [6.07, 6.45) is 4.68. The molecule has 18 heavy (non-hydrogen) atoms. The number of nitrogens with zero attached hydrogens (tertiary/aromatic N) is 2. The highest BCUT2D eigenvalue weighted by Gasteiger charge is 2.23. The van der Waals surface area contributed by atoms with E-state index in [1.54, 1.807) is 0 Å². The molecule has 2 N–H and O–H groups in total. The van der Waals surface area contributed by atoms with Gasteiger partial charge in [0.05, 0.1) is 11.2 Å². The van der Waals surface area contributed by atoms with E-state index in [0.717, 1.165) is 25.3 Å². The molecule has 1 aliphatic carbocycles. The van der Waals surface area contributed by atoms with E-state index in [1.165, 1.54) is 29.4 Å². The van der Waals surface area contributed by atoms with Gasteiger partial charge >= 0.3 is 0 Å². The van der Waals surface area contributed by atoms with E-state index in [2.05, 4.69) is 35.9 Å². The van der Waals surface area contributed by atoms with Gasteiger partial charge in [0.1, 0.15) is 0 Å². The van der Waals surface area contributed by atoms with Gasteiger partial charge in [-0.2, -0.15) is 5.10 Å². The summed E-state index contributed by atoms with van der Waals surface area (Å²) in [5, 5.41) is 6.09. The normalized spacial score (nSPS) is 23.9. The zero-order chi connectivity index (χ0) is 12.5. The first-order valence-corrected chi connectivity index (χ1v) is 6.98. The molecular weight excluding hydrogens is 222 g/mol. The Bertz CT molecular complexity index is 544. The fourth-order valence-electron chi connectivity index (χ4n) is 3.16. The molecule has 1 saturated carbocycles. The van der Waals surface area contributed by atoms with Gasteiger partial charge in [0, 0.05) is 18.0 Å². The first kappa shape index (κ1) is 11.7. The van der Waals surface area contributed by atoms with E-state index in [0.29, 0.717) is 6.04 Å². The highest BCUT2D eigenvalue weighted by molar-refractivity contribution is 5.81. The van der Waals surface area contributed by atoms with E-state index in [9.17, 15) is 0 Å². The molecule has 2 atom stereocenters. The standard InChI is InChI=1S/C15H21N3/c1-2-18-15-6-4-3-5-13(15)14(17-18)10-11-7-8-12(16)9-11/h3-6,11-12H,2,7-10,16H2,1H3. The van der Waals surface area contributed by atoms with Crippen molar-refractivity contribution in [3.8, 4) is 0 Å². The molecule has 96 valence electrons. The maximum absolute atomic E-state index is 6.00. The minimum atomic E-state index is 0.412. The number of benzene rings is 1. The molecule has 1 aromatic heterocycles. The van der Waals surface area contributed by atoms with Gasteiger partial charge in [0.15, 0.2) is 0 Å². The van der Waals surface area contributed by atoms with Crippen LogP contribution < -0.4 is 5.73 Å². The summed E-state index contributed by atoms with van der Waals surface area (Å²) < 4.78 is 2.11. The maximum atomic E-state index is 6.00. The largest absolute Gasteiger partial charge is 0.328 e. The van der Waals surface area contributed by atoms with Crippen LogP contribution in [0.4, 0.5) is 0 Å². The van der Waals surface area contributed by atoms with Crippen molar-refractivity contribution >= 4 is 10.9 Å². The molecule has 0 saturated heterocycles. The van der Waals surface area contributed by atoms with Crippen LogP contribution in [0.5, 0.6) is 0 Å². The zero-order valence-corrected chi connectivity index (χ0v) is 11.0. The number of nitrogens with two attached hydrogens (primary N) is 1. The molecule has 2 unspecified atom stereocenters. The van der Waals surface area contributed by atoms with Crippen molar-refractivity contribution in [2.24, 2.45) is 11.7 Å². The summed E-state index contributed by atoms with van der Waals surface area (Å²) in [5.41, 5.74) is 8.51. The lowest BCUT2D eigenvalue weighted by molar-refractivity contribution is 0.522. The van der Waals surface area contributed by atoms with Gasteiger partial charge in [0.2, 0.25) is 0 Å². The van der Waals surface area contributed by atoms with Crippen LogP contribution in [-0.4, -0.2) is 15.8 Å². The van der Waals surface area contributed by atoms with Crippen LogP contribution in [0.3, 0.4) is 0 Å². The van der Waals surface area contributed by atoms with Crippen molar-refractivity contribution in [2.75, 3.05) is 0 Å². The second-order valence-corrected chi connectivity index (χ2v) is 5.42. The molecule has 1 heterocycles. The van der Waals surface area contributed by atoms with Crippen molar-refractivity contribution in [3.05, 3.63) is 30.0 Å². The van der Waals surface area contributed by atoms with Crippen LogP contribution in [-0.2, 0) is 13.0 Å². The van der Waals surface area contributed by atoms with Gasteiger partial charge in [-0.3, -0.25) is 4.68 Å². The molecule has 1 aliphatic rings. The molecule has 1 fully saturated rings. The molecule has 3 rings (SSSR count). The Labute approximate surface area is 108 Å². The Morgan fingerprint density at radius 1 is 1.33 bits per heavy atom. The predicted octanol–water partition coefficient (Wildman–Crippen LogP) is 2.73. The number of para-hydroxylation sites is 1. The molecule has 1 aromatic carbocycles. The predicted molar refractivity (Wildman–Crippen MR) is 74.4 cm³/mol. The SMILES string of the molecule is CCn1nc(CC2CCC(N)C2)c2ccccc21. The molecule has 0 amide bonds. The monoisotopic (exact) mass is 243 g/mol. The lowest BCUT2D eigenvalue weighted by Crippen LogP contribution is -2.15. The highest BCUT2D eigenvalue weighted by atomic mass is 15.3. The van der Waals surface area contributed by atoms with Crippen LogP contribution in [0.2, 0.25) is 0 Å². The van der Waals surface area contributed by atoms with E-state index in [4.69, 9.17) is 10.8 Å². The molecular formula is C15H21N3. The van der Waals surface area contributed by atoms with Crippen LogP contribution >= 0.6 is 0 Å². The molecule has 3 nitrogen and oxygen atoms in total. The molecule has 0 bridgehead atoms. The summed E-state index contributed by atoms with van der Waals surface area (Å²) >= 11 is 0. The fourth-order valence-corrected chi connectivity index (χ4v) is 3.16. The van der Waals surface area contributed by atoms with Gasteiger partial charge in [0.25, 0.3) is 0 Å². The summed E-state index contributed by atoms with van der Waals surface area (Å²) in [7, 11) is 0. The quantitative estimate of drug-likeness (QED) is 0.900. The Morgan fingerprint density at radius 3 is 2.89 bits per heavy atom. The number of fused-ring (bicyclic) bond motifs is 1. The number of hydrogen-bond donors (Lipinski definition) is 1. The van der Waals surface area contributed by atoms with Gasteiger partial charge in [-0.25, -0.2) is 0 Å². The van der Waals surface area contributed by atoms with Crippen LogP contribution in [0.15, 0.2) is 24.3 Å². The van der Waals surface area contributed by atoms with Crippen LogP contribution in [0.25, 0.3) is 10.9 Å². The summed E-state index contributed by atoms with van der Waals surface area (Å²) in [5.74, 6) is 0.726. The van der Waals surface area contributed by atoms with Crippen molar-refractivity contribution in [2.45, 2.75) is 45.2 Å². The van der Waals surface area contributed by atoms with Crippen molar-refractivity contribution in [1.29, 1.82) is 0 Å². The summed E-state index contributed by atoms with van der Waals surface area (Å²) in [4.78, 5) is 0. The minimum absolute atomic E-state index is 0.412. The van der Waals surface area contributed by atoms with E-state index in [1.807, 2.05) is 0 Å². The Morgan fingerprint density at radius 2 is 2.17 bits per heavy atom. The lowest BCUT2D eigenvalue weighted by atomic mass is 9.99. The smallest absolute Gasteiger partial charge is 0.0706 e. The number of aromatic nitrogens is 2. The number of aryl methyl sites for hydroxylation is 1. The molecule has 0 radical (unpaired) electrons. The molecule has 0 aliphatic heterocycles. The topological polar surface area (TPSA) is 43.8 Å². The number of hydrogen-bond acceptors (Lipinski definition) is 2. The Kier molecular flexibility index (Phi) is 3.08. The highest BCUT2D eigenvalue weighted by Crippen LogP contribution is 2.29. The van der Waals surface area contributed by atoms with Crippen LogP contribution in [0.1, 0.15) is 31.9 Å². The molecule has 2 aromatic rings. The van der Waals surface area contributed by atoms with Crippen LogP contribution in [0, 0.1) is 5.92 Å². The minimum Gasteiger partial charge on any atom is -0.328 e. The third-order valence-corrected chi connectivity index (χ3v) is 4.10. The summed E-state index contributed by atoms with van der Waals surface area (Å²) in [6, 6.07) is 8.96. The van der Waals surface area contributed by atoms with E-state index >= 15 is 0 Å². The second-order valence-electron chi connectivity index (χ2n) is 5.42. The zero-order valence-electron chi connectivity index (χ0n) is 11.0. The van der Waals surface area contributed by atoms with E-state index < -0.39 is 0 Å². The molecule has 0 spiro atoms. The van der Waals surface area contributed by atoms with E-state index in [-0.39, 0.29) is 0 Å². The van der Waals surface area contributed by atoms with Crippen molar-refractivity contribution in [1.82, 2.24) is 9.78 Å². The van der Waals surface area contributed by atoms with Crippen molar-refractivity contribution < 1.29 is 0 Å². The van der Waals surface area contributed by atoms with Gasteiger partial charge < -0.3 is 5.73 Å². The maximum Gasteiger partial charge on any atom is 0.0706 e. The fraction of sp³-hybridized carbons (Fsp3) is 0.533. The van der Waals surface area contributed by atoms with Gasteiger partial charge in [-0.1, -0.05) is 18.2 Å². The lowest BCUT2D eigenvalue weighted by Gasteiger charge is -2.07. The third kappa shape index (κ3) is 2.03. The first-order valence-electron chi connectivity index (χ1n) is 6.98. The Balaban J connectivity index is 1.92. The summed E-state index contributed by atoms with van der Waals surface area (Å²) in [6.45, 7) is 3.08. The third-order valence-electron chi connectivity index (χ3n) is 4.10. The molecule has 3 heteroatoms. The van der Waals surface area contributed by atoms with Gasteiger partial charge in [-0.15, -0.1) is 0 Å². The average Bonchev–Trinajstić information content (AvgIpc) is 2.95. The number of rotatable bonds is 3. The van der Waals surface area contributed by atoms with Crippen molar-refractivity contribution in [3.63, 3.8) is 0 Å². The Hall–Kier alpha value is -1.35. The first-order chi connectivity index (χ1) is 8.78.